The van der Waals surface area contributed by atoms with Crippen LogP contribution in [0.25, 0.3) is 0 Å². The average Bonchev–Trinajstić information content (AvgIpc) is 2.30. The van der Waals surface area contributed by atoms with Gasteiger partial charge in [0.25, 0.3) is 0 Å². The molecule has 0 atom stereocenters. The lowest BCUT2D eigenvalue weighted by Gasteiger charge is -2.28. The molecule has 0 aromatic carbocycles. The first-order valence-corrected chi connectivity index (χ1v) is 5.72. The number of hydrogen-bond acceptors (Lipinski definition) is 5. The third kappa shape index (κ3) is 2.24. The minimum absolute atomic E-state index is 0.0165. The number of piperazine rings is 1. The number of anilines is 2. The molecule has 1 aromatic heterocycles. The van der Waals surface area contributed by atoms with E-state index in [1.165, 1.54) is 0 Å². The Labute approximate surface area is 102 Å². The van der Waals surface area contributed by atoms with Gasteiger partial charge in [-0.15, -0.1) is 0 Å². The second kappa shape index (κ2) is 4.65. The summed E-state index contributed by atoms with van der Waals surface area (Å²) in [5.41, 5.74) is 0. The molecule has 0 bridgehead atoms. The Kier molecular flexibility index (Phi) is 3.23. The Hall–Kier alpha value is -1.37. The van der Waals surface area contributed by atoms with Crippen molar-refractivity contribution in [3.63, 3.8) is 0 Å². The van der Waals surface area contributed by atoms with Crippen LogP contribution in [0.15, 0.2) is 10.7 Å². The summed E-state index contributed by atoms with van der Waals surface area (Å²) in [6.07, 6.45) is 1.68. The van der Waals surface area contributed by atoms with Gasteiger partial charge in [0.15, 0.2) is 0 Å². The highest BCUT2D eigenvalue weighted by atomic mass is 79.9. The number of rotatable bonds is 2. The Bertz CT molecular complexity index is 411. The molecule has 0 aliphatic carbocycles. The fourth-order valence-corrected chi connectivity index (χ4v) is 1.96. The van der Waals surface area contributed by atoms with E-state index in [2.05, 4.69) is 36.5 Å². The van der Waals surface area contributed by atoms with Gasteiger partial charge in [-0.1, -0.05) is 0 Å². The minimum Gasteiger partial charge on any atom is -0.357 e. The van der Waals surface area contributed by atoms with Crippen LogP contribution in [0.4, 0.5) is 11.8 Å². The van der Waals surface area contributed by atoms with Crippen LogP contribution in [0.3, 0.4) is 0 Å². The Morgan fingerprint density at radius 3 is 3.12 bits per heavy atom. The SMILES string of the molecule is CNc1ncc(Br)c(N2CCNC(=O)C2)n1. The lowest BCUT2D eigenvalue weighted by atomic mass is 10.3. The maximum Gasteiger partial charge on any atom is 0.239 e. The summed E-state index contributed by atoms with van der Waals surface area (Å²) >= 11 is 3.39. The first-order valence-electron chi connectivity index (χ1n) is 4.92. The molecule has 2 heterocycles. The Morgan fingerprint density at radius 1 is 1.62 bits per heavy atom. The van der Waals surface area contributed by atoms with E-state index < -0.39 is 0 Å². The second-order valence-electron chi connectivity index (χ2n) is 3.39. The molecule has 1 fully saturated rings. The van der Waals surface area contributed by atoms with Gasteiger partial charge in [-0.2, -0.15) is 4.98 Å². The van der Waals surface area contributed by atoms with Gasteiger partial charge < -0.3 is 15.5 Å². The van der Waals surface area contributed by atoms with Gasteiger partial charge >= 0.3 is 0 Å². The standard InChI is InChI=1S/C9H12BrN5O/c1-11-9-13-4-6(10)8(14-9)15-3-2-12-7(16)5-15/h4H,2-3,5H2,1H3,(H,12,16)(H,11,13,14). The summed E-state index contributed by atoms with van der Waals surface area (Å²) in [6.45, 7) is 1.73. The molecule has 7 heteroatoms. The molecule has 0 spiro atoms. The van der Waals surface area contributed by atoms with Gasteiger partial charge in [0.2, 0.25) is 11.9 Å². The molecule has 86 valence electrons. The van der Waals surface area contributed by atoms with E-state index in [-0.39, 0.29) is 5.91 Å². The van der Waals surface area contributed by atoms with E-state index in [0.29, 0.717) is 19.0 Å². The molecule has 1 aliphatic heterocycles. The van der Waals surface area contributed by atoms with Gasteiger partial charge in [0.05, 0.1) is 11.0 Å². The van der Waals surface area contributed by atoms with Crippen LogP contribution >= 0.6 is 15.9 Å². The van der Waals surface area contributed by atoms with Crippen molar-refractivity contribution in [1.82, 2.24) is 15.3 Å². The summed E-state index contributed by atoms with van der Waals surface area (Å²) in [4.78, 5) is 21.6. The van der Waals surface area contributed by atoms with Gasteiger partial charge in [-0.3, -0.25) is 4.79 Å². The van der Waals surface area contributed by atoms with Crippen LogP contribution in [0.5, 0.6) is 0 Å². The van der Waals surface area contributed by atoms with E-state index >= 15 is 0 Å². The summed E-state index contributed by atoms with van der Waals surface area (Å²) in [5, 5.41) is 5.65. The highest BCUT2D eigenvalue weighted by Crippen LogP contribution is 2.24. The normalized spacial score (nSPS) is 15.9. The van der Waals surface area contributed by atoms with Gasteiger partial charge in [-0.05, 0) is 15.9 Å². The van der Waals surface area contributed by atoms with Crippen molar-refractivity contribution < 1.29 is 4.79 Å². The largest absolute Gasteiger partial charge is 0.357 e. The lowest BCUT2D eigenvalue weighted by molar-refractivity contribution is -0.120. The van der Waals surface area contributed by atoms with Crippen LogP contribution in [0.2, 0.25) is 0 Å². The van der Waals surface area contributed by atoms with E-state index in [0.717, 1.165) is 16.8 Å². The second-order valence-corrected chi connectivity index (χ2v) is 4.24. The molecule has 1 aliphatic rings. The number of nitrogens with one attached hydrogen (secondary N) is 2. The van der Waals surface area contributed by atoms with Crippen LogP contribution in [0.1, 0.15) is 0 Å². The van der Waals surface area contributed by atoms with Crippen LogP contribution in [-0.2, 0) is 4.79 Å². The van der Waals surface area contributed by atoms with E-state index in [1.807, 2.05) is 4.90 Å². The van der Waals surface area contributed by atoms with Gasteiger partial charge in [0, 0.05) is 26.3 Å². The zero-order valence-electron chi connectivity index (χ0n) is 8.83. The topological polar surface area (TPSA) is 70.2 Å². The smallest absolute Gasteiger partial charge is 0.239 e. The number of hydrogen-bond donors (Lipinski definition) is 2. The Balaban J connectivity index is 2.27. The molecule has 6 nitrogen and oxygen atoms in total. The highest BCUT2D eigenvalue weighted by molar-refractivity contribution is 9.10. The zero-order valence-corrected chi connectivity index (χ0v) is 10.4. The molecule has 0 unspecified atom stereocenters. The van der Waals surface area contributed by atoms with Crippen molar-refractivity contribution in [2.75, 3.05) is 36.9 Å². The number of carbonyl (C=O) groups is 1. The average molecular weight is 286 g/mol. The summed E-state index contributed by atoms with van der Waals surface area (Å²) in [6, 6.07) is 0. The van der Waals surface area contributed by atoms with E-state index in [4.69, 9.17) is 0 Å². The van der Waals surface area contributed by atoms with Crippen molar-refractivity contribution in [2.24, 2.45) is 0 Å². The van der Waals surface area contributed by atoms with E-state index in [9.17, 15) is 4.79 Å². The number of amides is 1. The third-order valence-electron chi connectivity index (χ3n) is 2.29. The Morgan fingerprint density at radius 2 is 2.44 bits per heavy atom. The summed E-state index contributed by atoms with van der Waals surface area (Å²) in [7, 11) is 1.76. The summed E-state index contributed by atoms with van der Waals surface area (Å²) in [5.74, 6) is 1.31. The minimum atomic E-state index is 0.0165. The van der Waals surface area contributed by atoms with Crippen molar-refractivity contribution in [1.29, 1.82) is 0 Å². The van der Waals surface area contributed by atoms with Crippen LogP contribution in [0, 0.1) is 0 Å². The molecule has 2 rings (SSSR count). The van der Waals surface area contributed by atoms with Crippen molar-refractivity contribution in [3.05, 3.63) is 10.7 Å². The predicted molar refractivity (Wildman–Crippen MR) is 64.5 cm³/mol. The molecule has 16 heavy (non-hydrogen) atoms. The van der Waals surface area contributed by atoms with Crippen LogP contribution < -0.4 is 15.5 Å². The van der Waals surface area contributed by atoms with Gasteiger partial charge in [0.1, 0.15) is 5.82 Å². The fourth-order valence-electron chi connectivity index (χ4n) is 1.52. The predicted octanol–water partition coefficient (Wildman–Crippen LogP) is 0.217. The zero-order chi connectivity index (χ0) is 11.5. The van der Waals surface area contributed by atoms with Gasteiger partial charge in [-0.25, -0.2) is 4.98 Å². The molecule has 1 amide bonds. The number of aromatic nitrogens is 2. The number of nitrogens with zero attached hydrogens (tertiary/aromatic N) is 3. The first kappa shape index (κ1) is 11.1. The maximum atomic E-state index is 11.3. The van der Waals surface area contributed by atoms with Crippen molar-refractivity contribution in [2.45, 2.75) is 0 Å². The highest BCUT2D eigenvalue weighted by Gasteiger charge is 2.20. The summed E-state index contributed by atoms with van der Waals surface area (Å²) < 4.78 is 0.793. The van der Waals surface area contributed by atoms with Crippen molar-refractivity contribution in [3.8, 4) is 0 Å². The molecular weight excluding hydrogens is 274 g/mol. The monoisotopic (exact) mass is 285 g/mol. The molecule has 1 saturated heterocycles. The van der Waals surface area contributed by atoms with Crippen LogP contribution in [-0.4, -0.2) is 42.6 Å². The fraction of sp³-hybridized carbons (Fsp3) is 0.444. The van der Waals surface area contributed by atoms with E-state index in [1.54, 1.807) is 13.2 Å². The van der Waals surface area contributed by atoms with Crippen molar-refractivity contribution >= 4 is 33.6 Å². The molecular formula is C9H12BrN5O. The lowest BCUT2D eigenvalue weighted by Crippen LogP contribution is -2.48. The first-order chi connectivity index (χ1) is 7.70. The number of carbonyl (C=O) groups excluding carboxylic acids is 1. The number of halogens is 1. The quantitative estimate of drug-likeness (QED) is 0.813. The third-order valence-corrected chi connectivity index (χ3v) is 2.85. The maximum absolute atomic E-state index is 11.3. The molecule has 2 N–H and O–H groups in total. The molecule has 1 aromatic rings. The molecule has 0 radical (unpaired) electrons. The molecule has 0 saturated carbocycles.